The molecule has 0 fully saturated rings. The van der Waals surface area contributed by atoms with Crippen LogP contribution in [-0.4, -0.2) is 31.1 Å². The van der Waals surface area contributed by atoms with E-state index >= 15 is 0 Å². The highest BCUT2D eigenvalue weighted by atomic mass is 35.5. The predicted octanol–water partition coefficient (Wildman–Crippen LogP) is 3.39. The molecule has 0 aliphatic carbocycles. The smallest absolute Gasteiger partial charge is 0.312 e. The summed E-state index contributed by atoms with van der Waals surface area (Å²) >= 11 is 11.0. The second kappa shape index (κ2) is 6.09. The molecule has 0 saturated heterocycles. The number of aromatic hydroxyl groups is 1. The molecular weight excluding hydrogens is 342 g/mol. The van der Waals surface area contributed by atoms with Gasteiger partial charge in [0.2, 0.25) is 10.5 Å². The van der Waals surface area contributed by atoms with E-state index in [2.05, 4.69) is 15.3 Å². The number of hydrogen-bond acceptors (Lipinski definition) is 6. The van der Waals surface area contributed by atoms with Crippen molar-refractivity contribution in [3.05, 3.63) is 43.4 Å². The number of benzene rings is 1. The van der Waals surface area contributed by atoms with Gasteiger partial charge in [0.15, 0.2) is 5.82 Å². The molecule has 0 aliphatic rings. The number of nitro groups is 1. The molecule has 0 bridgehead atoms. The minimum Gasteiger partial charge on any atom is -0.502 e. The maximum absolute atomic E-state index is 10.9. The number of aromatic amines is 1. The van der Waals surface area contributed by atoms with Crippen molar-refractivity contribution in [3.8, 4) is 5.75 Å². The molecule has 0 aliphatic heterocycles. The van der Waals surface area contributed by atoms with Gasteiger partial charge in [-0.2, -0.15) is 14.9 Å². The van der Waals surface area contributed by atoms with Crippen LogP contribution in [0.1, 0.15) is 32.2 Å². The van der Waals surface area contributed by atoms with Crippen LogP contribution in [0.3, 0.4) is 0 Å². The number of nitro benzene ring substituents is 1. The van der Waals surface area contributed by atoms with Crippen molar-refractivity contribution in [2.75, 3.05) is 0 Å². The molecule has 0 radical (unpaired) electrons. The van der Waals surface area contributed by atoms with Crippen molar-refractivity contribution in [2.24, 2.45) is 5.10 Å². The van der Waals surface area contributed by atoms with Crippen molar-refractivity contribution >= 4 is 35.7 Å². The molecule has 2 rings (SSSR count). The first-order valence-electron chi connectivity index (χ1n) is 6.50. The Morgan fingerprint density at radius 3 is 2.74 bits per heavy atom. The van der Waals surface area contributed by atoms with Gasteiger partial charge in [-0.05, 0) is 18.3 Å². The number of phenolic OH excluding ortho intramolecular Hbond substituents is 1. The van der Waals surface area contributed by atoms with Gasteiger partial charge in [-0.3, -0.25) is 15.2 Å². The van der Waals surface area contributed by atoms with E-state index in [9.17, 15) is 15.2 Å². The van der Waals surface area contributed by atoms with Crippen LogP contribution in [-0.2, 0) is 5.41 Å². The van der Waals surface area contributed by atoms with Gasteiger partial charge in [0.1, 0.15) is 0 Å². The van der Waals surface area contributed by atoms with E-state index in [1.54, 1.807) is 0 Å². The van der Waals surface area contributed by atoms with Crippen LogP contribution in [0.25, 0.3) is 0 Å². The number of phenols is 1. The van der Waals surface area contributed by atoms with Gasteiger partial charge in [0.05, 0.1) is 11.1 Å². The highest BCUT2D eigenvalue weighted by Gasteiger charge is 2.22. The van der Waals surface area contributed by atoms with E-state index in [4.69, 9.17) is 23.8 Å². The van der Waals surface area contributed by atoms with Crippen LogP contribution >= 0.6 is 23.8 Å². The predicted molar refractivity (Wildman–Crippen MR) is 88.9 cm³/mol. The summed E-state index contributed by atoms with van der Waals surface area (Å²) in [6.07, 6.45) is 1.24. The highest BCUT2D eigenvalue weighted by Crippen LogP contribution is 2.32. The summed E-state index contributed by atoms with van der Waals surface area (Å²) in [5.41, 5.74) is -0.717. The standard InChI is InChI=1S/C13H14ClN5O3S/c1-13(2,3)11-16-17-12(23)18(11)15-6-7-4-8(14)5-9(10(7)20)19(21)22/h4-6,20H,1-3H3,(H,17,23)/b15-6-. The summed E-state index contributed by atoms with van der Waals surface area (Å²) in [6, 6.07) is 2.44. The van der Waals surface area contributed by atoms with Crippen molar-refractivity contribution < 1.29 is 10.0 Å². The Balaban J connectivity index is 2.53. The molecule has 10 heteroatoms. The van der Waals surface area contributed by atoms with E-state index in [0.29, 0.717) is 5.82 Å². The molecule has 2 aromatic rings. The fraction of sp³-hybridized carbons (Fsp3) is 0.308. The summed E-state index contributed by atoms with van der Waals surface area (Å²) in [5, 5.41) is 31.9. The number of rotatable bonds is 3. The van der Waals surface area contributed by atoms with Gasteiger partial charge in [0.25, 0.3) is 0 Å². The first-order valence-corrected chi connectivity index (χ1v) is 7.29. The molecule has 0 spiro atoms. The van der Waals surface area contributed by atoms with Crippen LogP contribution in [0.4, 0.5) is 5.69 Å². The number of nitrogens with zero attached hydrogens (tertiary/aromatic N) is 4. The van der Waals surface area contributed by atoms with Crippen molar-refractivity contribution in [1.29, 1.82) is 0 Å². The van der Waals surface area contributed by atoms with E-state index in [1.807, 2.05) is 20.8 Å². The summed E-state index contributed by atoms with van der Waals surface area (Å²) in [7, 11) is 0. The molecule has 2 N–H and O–H groups in total. The van der Waals surface area contributed by atoms with Gasteiger partial charge in [-0.25, -0.2) is 0 Å². The number of aromatic nitrogens is 3. The lowest BCUT2D eigenvalue weighted by atomic mass is 9.96. The molecule has 1 aromatic carbocycles. The zero-order chi connectivity index (χ0) is 17.4. The van der Waals surface area contributed by atoms with Crippen LogP contribution < -0.4 is 0 Å². The molecule has 122 valence electrons. The van der Waals surface area contributed by atoms with Crippen molar-refractivity contribution in [1.82, 2.24) is 14.9 Å². The minimum atomic E-state index is -0.720. The Hall–Kier alpha value is -2.26. The Morgan fingerprint density at radius 2 is 2.17 bits per heavy atom. The Bertz CT molecular complexity index is 850. The molecule has 1 aromatic heterocycles. The lowest BCUT2D eigenvalue weighted by Gasteiger charge is -2.15. The van der Waals surface area contributed by atoms with Crippen molar-refractivity contribution in [2.45, 2.75) is 26.2 Å². The molecule has 8 nitrogen and oxygen atoms in total. The topological polar surface area (TPSA) is 109 Å². The minimum absolute atomic E-state index is 0.104. The van der Waals surface area contributed by atoms with E-state index in [-0.39, 0.29) is 20.8 Å². The zero-order valence-electron chi connectivity index (χ0n) is 12.6. The molecular formula is C13H14ClN5O3S. The van der Waals surface area contributed by atoms with E-state index in [0.717, 1.165) is 6.07 Å². The van der Waals surface area contributed by atoms with E-state index in [1.165, 1.54) is 17.0 Å². The number of hydrogen-bond donors (Lipinski definition) is 2. The summed E-state index contributed by atoms with van der Waals surface area (Å²) < 4.78 is 1.66. The fourth-order valence-electron chi connectivity index (χ4n) is 1.85. The largest absolute Gasteiger partial charge is 0.502 e. The average molecular weight is 356 g/mol. The van der Waals surface area contributed by atoms with Gasteiger partial charge in [-0.15, -0.1) is 0 Å². The fourth-order valence-corrected chi connectivity index (χ4v) is 2.25. The molecule has 0 unspecified atom stereocenters. The van der Waals surface area contributed by atoms with Crippen LogP contribution in [0.15, 0.2) is 17.2 Å². The molecule has 0 saturated carbocycles. The number of H-pyrrole nitrogens is 1. The van der Waals surface area contributed by atoms with Crippen LogP contribution in [0, 0.1) is 14.9 Å². The third-order valence-corrected chi connectivity index (χ3v) is 3.40. The van der Waals surface area contributed by atoms with Crippen LogP contribution in [0.2, 0.25) is 5.02 Å². The van der Waals surface area contributed by atoms with Gasteiger partial charge in [0, 0.05) is 22.1 Å². The molecule has 1 heterocycles. The van der Waals surface area contributed by atoms with Gasteiger partial charge < -0.3 is 5.11 Å². The normalized spacial score (nSPS) is 12.0. The van der Waals surface area contributed by atoms with E-state index < -0.39 is 16.4 Å². The Labute approximate surface area is 141 Å². The van der Waals surface area contributed by atoms with Crippen LogP contribution in [0.5, 0.6) is 5.75 Å². The second-order valence-corrected chi connectivity index (χ2v) is 6.60. The molecule has 0 atom stereocenters. The third kappa shape index (κ3) is 3.57. The Kier molecular flexibility index (Phi) is 4.53. The van der Waals surface area contributed by atoms with Gasteiger partial charge >= 0.3 is 5.69 Å². The lowest BCUT2D eigenvalue weighted by molar-refractivity contribution is -0.385. The highest BCUT2D eigenvalue weighted by molar-refractivity contribution is 7.71. The summed E-state index contributed by atoms with van der Waals surface area (Å²) in [5.74, 6) is 0.0604. The first-order chi connectivity index (χ1) is 10.6. The zero-order valence-corrected chi connectivity index (χ0v) is 14.1. The first kappa shape index (κ1) is 17.1. The number of nitrogens with one attached hydrogen (secondary N) is 1. The maximum Gasteiger partial charge on any atom is 0.312 e. The monoisotopic (exact) mass is 355 g/mol. The second-order valence-electron chi connectivity index (χ2n) is 5.78. The Morgan fingerprint density at radius 1 is 1.52 bits per heavy atom. The third-order valence-electron chi connectivity index (χ3n) is 2.91. The summed E-state index contributed by atoms with van der Waals surface area (Å²) in [6.45, 7) is 5.81. The molecule has 0 amide bonds. The SMILES string of the molecule is CC(C)(C)c1n[nH]c(=S)n1/N=C\c1cc(Cl)cc([N+](=O)[O-])c1O. The van der Waals surface area contributed by atoms with Crippen molar-refractivity contribution in [3.63, 3.8) is 0 Å². The van der Waals surface area contributed by atoms with Gasteiger partial charge in [-0.1, -0.05) is 32.4 Å². The average Bonchev–Trinajstić information content (AvgIpc) is 2.80. The number of halogens is 1. The lowest BCUT2D eigenvalue weighted by Crippen LogP contribution is -2.17. The molecule has 23 heavy (non-hydrogen) atoms. The quantitative estimate of drug-likeness (QED) is 0.379. The maximum atomic E-state index is 10.9. The summed E-state index contributed by atoms with van der Waals surface area (Å²) in [4.78, 5) is 10.2.